The maximum Gasteiger partial charge on any atom is 0.0273 e. The predicted molar refractivity (Wildman–Crippen MR) is 192 cm³/mol. The number of hydrogen-bond acceptors (Lipinski definition) is 3. The molecule has 3 aromatic heterocycles. The molecule has 0 aliphatic carbocycles. The highest BCUT2D eigenvalue weighted by Crippen LogP contribution is 2.49. The molecule has 0 saturated heterocycles. The van der Waals surface area contributed by atoms with Crippen molar-refractivity contribution in [3.8, 4) is 44.5 Å². The number of aromatic nitrogens is 3. The molecular formula is C43H27N3. The van der Waals surface area contributed by atoms with Crippen LogP contribution in [0.3, 0.4) is 0 Å². The fraction of sp³-hybridized carbons (Fsp3) is 0. The molecule has 9 aromatic rings. The second-order valence-electron chi connectivity index (χ2n) is 11.6. The molecule has 0 saturated carbocycles. The fourth-order valence-electron chi connectivity index (χ4n) is 7.24. The zero-order chi connectivity index (χ0) is 30.5. The summed E-state index contributed by atoms with van der Waals surface area (Å²) in [7, 11) is 0. The molecule has 0 spiro atoms. The molecule has 0 fully saturated rings. The molecule has 46 heavy (non-hydrogen) atoms. The zero-order valence-electron chi connectivity index (χ0n) is 24.9. The Bertz CT molecular complexity index is 2540. The van der Waals surface area contributed by atoms with Crippen LogP contribution >= 0.6 is 0 Å². The van der Waals surface area contributed by atoms with Gasteiger partial charge >= 0.3 is 0 Å². The molecule has 3 heteroatoms. The van der Waals surface area contributed by atoms with E-state index < -0.39 is 0 Å². The Hall–Kier alpha value is -6.19. The number of rotatable bonds is 4. The minimum atomic E-state index is 1.15. The van der Waals surface area contributed by atoms with Crippen LogP contribution in [-0.2, 0) is 0 Å². The average Bonchev–Trinajstić information content (AvgIpc) is 3.14. The Morgan fingerprint density at radius 1 is 0.239 bits per heavy atom. The first-order valence-corrected chi connectivity index (χ1v) is 15.5. The molecule has 0 amide bonds. The average molecular weight is 586 g/mol. The number of fused-ring (bicyclic) bond motifs is 5. The van der Waals surface area contributed by atoms with E-state index >= 15 is 0 Å². The van der Waals surface area contributed by atoms with Gasteiger partial charge in [-0.2, -0.15) is 0 Å². The highest BCUT2D eigenvalue weighted by atomic mass is 14.6. The van der Waals surface area contributed by atoms with Crippen LogP contribution in [0.5, 0.6) is 0 Å². The van der Waals surface area contributed by atoms with E-state index in [9.17, 15) is 0 Å². The lowest BCUT2D eigenvalue weighted by molar-refractivity contribution is 1.33. The van der Waals surface area contributed by atoms with Crippen LogP contribution in [0.4, 0.5) is 0 Å². The molecule has 9 rings (SSSR count). The molecule has 0 radical (unpaired) electrons. The van der Waals surface area contributed by atoms with Gasteiger partial charge in [-0.15, -0.1) is 0 Å². The van der Waals surface area contributed by atoms with Gasteiger partial charge in [0.05, 0.1) is 0 Å². The van der Waals surface area contributed by atoms with Crippen LogP contribution in [0.25, 0.3) is 87.6 Å². The van der Waals surface area contributed by atoms with Crippen molar-refractivity contribution >= 4 is 43.1 Å². The Morgan fingerprint density at radius 2 is 0.565 bits per heavy atom. The van der Waals surface area contributed by atoms with E-state index in [0.29, 0.717) is 0 Å². The molecule has 0 atom stereocenters. The first kappa shape index (κ1) is 26.2. The Labute approximate surface area is 266 Å². The van der Waals surface area contributed by atoms with E-state index in [1.165, 1.54) is 70.9 Å². The van der Waals surface area contributed by atoms with Crippen LogP contribution in [0.1, 0.15) is 0 Å². The molecular weight excluding hydrogens is 558 g/mol. The number of benzene rings is 6. The Kier molecular flexibility index (Phi) is 6.14. The molecule has 0 N–H and O–H groups in total. The lowest BCUT2D eigenvalue weighted by Crippen LogP contribution is -1.95. The second-order valence-corrected chi connectivity index (χ2v) is 11.6. The zero-order valence-corrected chi connectivity index (χ0v) is 24.9. The van der Waals surface area contributed by atoms with Gasteiger partial charge in [0, 0.05) is 37.2 Å². The highest BCUT2D eigenvalue weighted by Gasteiger charge is 2.22. The summed E-state index contributed by atoms with van der Waals surface area (Å²) in [6.45, 7) is 0. The molecule has 0 aliphatic heterocycles. The largest absolute Gasteiger partial charge is 0.265 e. The van der Waals surface area contributed by atoms with Gasteiger partial charge in [-0.1, -0.05) is 78.9 Å². The van der Waals surface area contributed by atoms with Crippen LogP contribution in [0.15, 0.2) is 165 Å². The molecule has 6 aromatic carbocycles. The summed E-state index contributed by atoms with van der Waals surface area (Å²) in [6.07, 6.45) is 11.3. The predicted octanol–water partition coefficient (Wildman–Crippen LogP) is 11.2. The van der Waals surface area contributed by atoms with Crippen molar-refractivity contribution in [1.29, 1.82) is 0 Å². The third-order valence-corrected chi connectivity index (χ3v) is 9.14. The Balaban J connectivity index is 1.57. The maximum atomic E-state index is 4.37. The van der Waals surface area contributed by atoms with Gasteiger partial charge in [0.15, 0.2) is 0 Å². The van der Waals surface area contributed by atoms with Gasteiger partial charge in [0.1, 0.15) is 0 Å². The third kappa shape index (κ3) is 4.10. The van der Waals surface area contributed by atoms with E-state index in [4.69, 9.17) is 0 Å². The summed E-state index contributed by atoms with van der Waals surface area (Å²) in [5.74, 6) is 0. The first-order chi connectivity index (χ1) is 22.9. The SMILES string of the molecule is c1ccc(-c2c(-c3ccncc3)c3ccccc3c3cc4c(-c5ccncc5)c5ccccc5c(-c5ccncc5)c4cc23)cc1. The van der Waals surface area contributed by atoms with Crippen LogP contribution in [0, 0.1) is 0 Å². The Morgan fingerprint density at radius 3 is 1.07 bits per heavy atom. The molecule has 3 heterocycles. The standard InChI is InChI=1S/C43H27N3/c1-2-8-28(9-3-1)43-37-27-39-38(26-36(37)32-10-4-5-11-33(32)42(43)31-18-24-46-25-19-31)40(29-14-20-44-21-15-29)34-12-6-7-13-35(34)41(39)30-16-22-45-23-17-30/h1-27H. The smallest absolute Gasteiger partial charge is 0.0273 e. The summed E-state index contributed by atoms with van der Waals surface area (Å²) < 4.78 is 0. The summed E-state index contributed by atoms with van der Waals surface area (Å²) in [6, 6.07) is 46.0. The van der Waals surface area contributed by atoms with Crippen molar-refractivity contribution in [2.24, 2.45) is 0 Å². The highest BCUT2D eigenvalue weighted by molar-refractivity contribution is 6.29. The molecule has 0 bridgehead atoms. The number of pyridine rings is 3. The van der Waals surface area contributed by atoms with E-state index in [1.54, 1.807) is 0 Å². The summed E-state index contributed by atoms with van der Waals surface area (Å²) in [5, 5.41) is 9.74. The molecule has 0 unspecified atom stereocenters. The molecule has 214 valence electrons. The second kappa shape index (κ2) is 10.8. The minimum Gasteiger partial charge on any atom is -0.265 e. The summed E-state index contributed by atoms with van der Waals surface area (Å²) in [4.78, 5) is 13.1. The van der Waals surface area contributed by atoms with Crippen LogP contribution in [0.2, 0.25) is 0 Å². The van der Waals surface area contributed by atoms with Gasteiger partial charge in [-0.3, -0.25) is 15.0 Å². The van der Waals surface area contributed by atoms with Crippen molar-refractivity contribution in [3.63, 3.8) is 0 Å². The van der Waals surface area contributed by atoms with Crippen molar-refractivity contribution in [1.82, 2.24) is 15.0 Å². The van der Waals surface area contributed by atoms with Gasteiger partial charge in [-0.25, -0.2) is 0 Å². The van der Waals surface area contributed by atoms with Crippen molar-refractivity contribution in [3.05, 3.63) is 165 Å². The van der Waals surface area contributed by atoms with Gasteiger partial charge < -0.3 is 0 Å². The quantitative estimate of drug-likeness (QED) is 0.152. The van der Waals surface area contributed by atoms with Crippen molar-refractivity contribution in [2.45, 2.75) is 0 Å². The lowest BCUT2D eigenvalue weighted by atomic mass is 9.81. The van der Waals surface area contributed by atoms with Crippen molar-refractivity contribution in [2.75, 3.05) is 0 Å². The third-order valence-electron chi connectivity index (χ3n) is 9.14. The normalized spacial score (nSPS) is 11.5. The topological polar surface area (TPSA) is 38.7 Å². The van der Waals surface area contributed by atoms with Crippen molar-refractivity contribution < 1.29 is 0 Å². The lowest BCUT2D eigenvalue weighted by Gasteiger charge is -2.22. The van der Waals surface area contributed by atoms with Gasteiger partial charge in [0.2, 0.25) is 0 Å². The first-order valence-electron chi connectivity index (χ1n) is 15.5. The van der Waals surface area contributed by atoms with Crippen LogP contribution in [-0.4, -0.2) is 15.0 Å². The number of hydrogen-bond donors (Lipinski definition) is 0. The van der Waals surface area contributed by atoms with E-state index in [-0.39, 0.29) is 0 Å². The van der Waals surface area contributed by atoms with E-state index in [1.807, 2.05) is 37.2 Å². The fourth-order valence-corrected chi connectivity index (χ4v) is 7.24. The molecule has 3 nitrogen and oxygen atoms in total. The molecule has 0 aliphatic rings. The van der Waals surface area contributed by atoms with E-state index in [0.717, 1.165) is 16.7 Å². The van der Waals surface area contributed by atoms with E-state index in [2.05, 4.69) is 142 Å². The summed E-state index contributed by atoms with van der Waals surface area (Å²) >= 11 is 0. The van der Waals surface area contributed by atoms with Gasteiger partial charge in [-0.05, 0) is 136 Å². The maximum absolute atomic E-state index is 4.37. The minimum absolute atomic E-state index is 1.15. The summed E-state index contributed by atoms with van der Waals surface area (Å²) in [5.41, 5.74) is 9.51. The monoisotopic (exact) mass is 585 g/mol. The van der Waals surface area contributed by atoms with Crippen LogP contribution < -0.4 is 0 Å². The number of nitrogens with zero attached hydrogens (tertiary/aromatic N) is 3. The van der Waals surface area contributed by atoms with Gasteiger partial charge in [0.25, 0.3) is 0 Å².